The molecule has 78 valence electrons. The highest BCUT2D eigenvalue weighted by Gasteiger charge is 2.29. The van der Waals surface area contributed by atoms with Crippen LogP contribution in [0.5, 0.6) is 0 Å². The van der Waals surface area contributed by atoms with E-state index in [9.17, 15) is 0 Å². The van der Waals surface area contributed by atoms with Gasteiger partial charge in [0, 0.05) is 7.11 Å². The van der Waals surface area contributed by atoms with Crippen molar-refractivity contribution in [3.05, 3.63) is 12.0 Å². The number of aliphatic imine (C=N–C) groups is 1. The van der Waals surface area contributed by atoms with Gasteiger partial charge >= 0.3 is 0 Å². The van der Waals surface area contributed by atoms with Gasteiger partial charge in [-0.05, 0) is 12.2 Å². The number of nitrogens with one attached hydrogen (secondary N) is 2. The smallest absolute Gasteiger partial charge is 0.265 e. The maximum Gasteiger partial charge on any atom is 0.265 e. The number of nitrogens with zero attached hydrogens (tertiary/aromatic N) is 1. The SMILES string of the molecule is COC1=CC(NC(N)=S)(OC)N=CN1. The second-order valence-corrected chi connectivity index (χ2v) is 2.94. The first kappa shape index (κ1) is 10.7. The van der Waals surface area contributed by atoms with Crippen LogP contribution < -0.4 is 16.4 Å². The van der Waals surface area contributed by atoms with E-state index in [4.69, 9.17) is 27.4 Å². The Morgan fingerprint density at radius 2 is 2.43 bits per heavy atom. The van der Waals surface area contributed by atoms with Gasteiger partial charge in [-0.25, -0.2) is 4.99 Å². The van der Waals surface area contributed by atoms with Crippen LogP contribution in [0.25, 0.3) is 0 Å². The predicted molar refractivity (Wildman–Crippen MR) is 56.4 cm³/mol. The quantitative estimate of drug-likeness (QED) is 0.425. The number of hydrogen-bond acceptors (Lipinski definition) is 5. The summed E-state index contributed by atoms with van der Waals surface area (Å²) in [5.74, 6) is -0.576. The first-order valence-electron chi connectivity index (χ1n) is 3.82. The van der Waals surface area contributed by atoms with Crippen molar-refractivity contribution in [2.45, 2.75) is 5.85 Å². The van der Waals surface area contributed by atoms with E-state index < -0.39 is 5.85 Å². The Morgan fingerprint density at radius 3 is 2.93 bits per heavy atom. The number of hydrogen-bond donors (Lipinski definition) is 3. The van der Waals surface area contributed by atoms with Gasteiger partial charge in [0.25, 0.3) is 5.85 Å². The Bertz CT molecular complexity index is 291. The van der Waals surface area contributed by atoms with E-state index in [1.807, 2.05) is 0 Å². The third-order valence-corrected chi connectivity index (χ3v) is 1.73. The molecule has 1 aliphatic rings. The van der Waals surface area contributed by atoms with E-state index in [2.05, 4.69) is 15.6 Å². The summed E-state index contributed by atoms with van der Waals surface area (Å²) in [5.41, 5.74) is 5.35. The molecule has 0 aromatic carbocycles. The van der Waals surface area contributed by atoms with Crippen LogP contribution in [0.1, 0.15) is 0 Å². The fourth-order valence-electron chi connectivity index (χ4n) is 0.974. The van der Waals surface area contributed by atoms with Crippen LogP contribution in [-0.4, -0.2) is 31.5 Å². The average Bonchev–Trinajstić information content (AvgIpc) is 2.17. The first-order valence-corrected chi connectivity index (χ1v) is 4.22. The summed E-state index contributed by atoms with van der Waals surface area (Å²) in [4.78, 5) is 4.02. The maximum atomic E-state index is 5.35. The van der Waals surface area contributed by atoms with Crippen LogP contribution >= 0.6 is 12.2 Å². The lowest BCUT2D eigenvalue weighted by atomic mass is 10.3. The average molecular weight is 216 g/mol. The van der Waals surface area contributed by atoms with E-state index in [1.54, 1.807) is 6.08 Å². The van der Waals surface area contributed by atoms with Gasteiger partial charge in [0.05, 0.1) is 19.5 Å². The van der Waals surface area contributed by atoms with Crippen LogP contribution in [0.4, 0.5) is 0 Å². The summed E-state index contributed by atoms with van der Waals surface area (Å²) in [5, 5.41) is 5.57. The summed E-state index contributed by atoms with van der Waals surface area (Å²) in [7, 11) is 3.01. The Labute approximate surface area is 87.2 Å². The van der Waals surface area contributed by atoms with Crippen molar-refractivity contribution in [2.24, 2.45) is 10.7 Å². The molecular formula is C7H12N4O2S. The summed E-state index contributed by atoms with van der Waals surface area (Å²) in [6.07, 6.45) is 3.03. The maximum absolute atomic E-state index is 5.35. The molecule has 0 radical (unpaired) electrons. The largest absolute Gasteiger partial charge is 0.482 e. The standard InChI is InChI=1S/C7H12N4O2S/c1-12-5-3-7(13-2,10-4-9-5)11-6(8)14/h3-4H,1-2H3,(H,9,10)(H3,8,11,14). The molecule has 0 aliphatic carbocycles. The van der Waals surface area contributed by atoms with E-state index in [0.29, 0.717) is 5.88 Å². The molecule has 1 heterocycles. The zero-order chi connectivity index (χ0) is 10.6. The summed E-state index contributed by atoms with van der Waals surface area (Å²) in [6, 6.07) is 0. The van der Waals surface area contributed by atoms with Crippen molar-refractivity contribution in [1.82, 2.24) is 10.6 Å². The van der Waals surface area contributed by atoms with Crippen LogP contribution in [0.3, 0.4) is 0 Å². The zero-order valence-electron chi connectivity index (χ0n) is 7.90. The molecule has 0 amide bonds. The van der Waals surface area contributed by atoms with Crippen molar-refractivity contribution in [3.8, 4) is 0 Å². The van der Waals surface area contributed by atoms with Crippen LogP contribution in [-0.2, 0) is 9.47 Å². The van der Waals surface area contributed by atoms with Gasteiger partial charge in [-0.2, -0.15) is 0 Å². The molecule has 1 unspecified atom stereocenters. The molecule has 0 saturated carbocycles. The third-order valence-electron chi connectivity index (χ3n) is 1.62. The van der Waals surface area contributed by atoms with Gasteiger partial charge in [-0.1, -0.05) is 0 Å². The van der Waals surface area contributed by atoms with Gasteiger partial charge in [-0.3, -0.25) is 0 Å². The summed E-state index contributed by atoms with van der Waals surface area (Å²) in [6.45, 7) is 0. The lowest BCUT2D eigenvalue weighted by molar-refractivity contribution is 0.0216. The molecule has 14 heavy (non-hydrogen) atoms. The lowest BCUT2D eigenvalue weighted by Crippen LogP contribution is -2.51. The minimum atomic E-state index is -1.08. The molecule has 7 heteroatoms. The molecule has 6 nitrogen and oxygen atoms in total. The molecular weight excluding hydrogens is 204 g/mol. The monoisotopic (exact) mass is 216 g/mol. The van der Waals surface area contributed by atoms with Gasteiger partial charge in [0.2, 0.25) is 0 Å². The number of thiocarbonyl (C=S) groups is 1. The molecule has 1 aliphatic heterocycles. The van der Waals surface area contributed by atoms with Crippen molar-refractivity contribution in [1.29, 1.82) is 0 Å². The molecule has 0 saturated heterocycles. The summed E-state index contributed by atoms with van der Waals surface area (Å²) >= 11 is 4.71. The number of ether oxygens (including phenoxy) is 2. The van der Waals surface area contributed by atoms with Gasteiger partial charge in [0.1, 0.15) is 0 Å². The number of rotatable bonds is 3. The van der Waals surface area contributed by atoms with E-state index in [0.717, 1.165) is 0 Å². The molecule has 0 aromatic rings. The van der Waals surface area contributed by atoms with Crippen LogP contribution in [0, 0.1) is 0 Å². The normalized spacial score (nSPS) is 24.9. The molecule has 4 N–H and O–H groups in total. The lowest BCUT2D eigenvalue weighted by Gasteiger charge is -2.28. The number of nitrogens with two attached hydrogens (primary N) is 1. The fraction of sp³-hybridized carbons (Fsp3) is 0.429. The predicted octanol–water partition coefficient (Wildman–Crippen LogP) is -0.761. The summed E-state index contributed by atoms with van der Waals surface area (Å²) < 4.78 is 10.1. The third kappa shape index (κ3) is 2.33. The second kappa shape index (κ2) is 4.25. The van der Waals surface area contributed by atoms with Crippen LogP contribution in [0.15, 0.2) is 17.0 Å². The Morgan fingerprint density at radius 1 is 1.71 bits per heavy atom. The second-order valence-electron chi connectivity index (χ2n) is 2.51. The van der Waals surface area contributed by atoms with Crippen molar-refractivity contribution < 1.29 is 9.47 Å². The highest BCUT2D eigenvalue weighted by Crippen LogP contribution is 2.14. The molecule has 0 aromatic heterocycles. The minimum absolute atomic E-state index is 0.0950. The van der Waals surface area contributed by atoms with Gasteiger partial charge in [-0.15, -0.1) is 0 Å². The van der Waals surface area contributed by atoms with Crippen molar-refractivity contribution in [3.63, 3.8) is 0 Å². The molecule has 0 spiro atoms. The van der Waals surface area contributed by atoms with Crippen LogP contribution in [0.2, 0.25) is 0 Å². The minimum Gasteiger partial charge on any atom is -0.482 e. The Kier molecular flexibility index (Phi) is 3.26. The van der Waals surface area contributed by atoms with E-state index >= 15 is 0 Å². The highest BCUT2D eigenvalue weighted by molar-refractivity contribution is 7.80. The van der Waals surface area contributed by atoms with Gasteiger partial charge in [0.15, 0.2) is 11.0 Å². The Hall–Kier alpha value is -1.34. The zero-order valence-corrected chi connectivity index (χ0v) is 8.72. The highest BCUT2D eigenvalue weighted by atomic mass is 32.1. The first-order chi connectivity index (χ1) is 6.62. The van der Waals surface area contributed by atoms with E-state index in [1.165, 1.54) is 20.6 Å². The number of methoxy groups -OCH3 is 2. The molecule has 0 bridgehead atoms. The fourth-order valence-corrected chi connectivity index (χ4v) is 1.12. The Balaban J connectivity index is 2.87. The van der Waals surface area contributed by atoms with Gasteiger partial charge < -0.3 is 25.8 Å². The van der Waals surface area contributed by atoms with Crippen molar-refractivity contribution in [2.75, 3.05) is 14.2 Å². The molecule has 0 fully saturated rings. The topological polar surface area (TPSA) is 80.9 Å². The van der Waals surface area contributed by atoms with Crippen molar-refractivity contribution >= 4 is 23.7 Å². The molecule has 1 atom stereocenters. The molecule has 1 rings (SSSR count). The van der Waals surface area contributed by atoms with E-state index in [-0.39, 0.29) is 5.11 Å².